The van der Waals surface area contributed by atoms with Crippen molar-refractivity contribution in [3.05, 3.63) is 18.2 Å². The number of carbonyl (C=O) groups excluding carboxylic acids is 2. The summed E-state index contributed by atoms with van der Waals surface area (Å²) < 4.78 is 5.51. The molecule has 1 aliphatic heterocycles. The minimum absolute atomic E-state index is 0.0468. The lowest BCUT2D eigenvalue weighted by molar-refractivity contribution is -0.122. The Morgan fingerprint density at radius 1 is 1.43 bits per heavy atom. The highest BCUT2D eigenvalue weighted by molar-refractivity contribution is 8.01. The molecule has 2 N–H and O–H groups in total. The first-order valence-corrected chi connectivity index (χ1v) is 7.78. The van der Waals surface area contributed by atoms with E-state index < -0.39 is 6.10 Å². The molecule has 114 valence electrons. The summed E-state index contributed by atoms with van der Waals surface area (Å²) in [4.78, 5) is 23.5. The zero-order chi connectivity index (χ0) is 15.6. The van der Waals surface area contributed by atoms with E-state index in [0.29, 0.717) is 22.9 Å². The highest BCUT2D eigenvalue weighted by Gasteiger charge is 2.23. The molecule has 2 amide bonds. The third-order valence-corrected chi connectivity index (χ3v) is 4.10. The third-order valence-electron chi connectivity index (χ3n) is 2.83. The molecule has 0 saturated heterocycles. The molecule has 5 nitrogen and oxygen atoms in total. The van der Waals surface area contributed by atoms with Crippen LogP contribution in [0.4, 0.5) is 11.4 Å². The first-order valence-electron chi connectivity index (χ1n) is 6.80. The van der Waals surface area contributed by atoms with Crippen molar-refractivity contribution >= 4 is 35.0 Å². The normalized spacial score (nSPS) is 17.5. The van der Waals surface area contributed by atoms with E-state index in [1.165, 1.54) is 0 Å². The molecule has 1 unspecified atom stereocenters. The second kappa shape index (κ2) is 5.97. The van der Waals surface area contributed by atoms with Gasteiger partial charge in [-0.2, -0.15) is 0 Å². The summed E-state index contributed by atoms with van der Waals surface area (Å²) in [5, 5.41) is 5.58. The predicted octanol–water partition coefficient (Wildman–Crippen LogP) is 2.88. The molecule has 1 atom stereocenters. The highest BCUT2D eigenvalue weighted by atomic mass is 32.2. The van der Waals surface area contributed by atoms with Gasteiger partial charge in [0.05, 0.1) is 11.4 Å². The quantitative estimate of drug-likeness (QED) is 0.901. The molecule has 0 aliphatic carbocycles. The Hall–Kier alpha value is -1.69. The molecule has 0 aromatic heterocycles. The fourth-order valence-corrected chi connectivity index (χ4v) is 2.40. The molecule has 1 heterocycles. The van der Waals surface area contributed by atoms with E-state index in [1.807, 2.05) is 0 Å². The molecular weight excluding hydrogens is 288 g/mol. The fourth-order valence-electron chi connectivity index (χ4n) is 1.77. The summed E-state index contributed by atoms with van der Waals surface area (Å²) >= 11 is 1.58. The van der Waals surface area contributed by atoms with Crippen molar-refractivity contribution in [2.24, 2.45) is 0 Å². The van der Waals surface area contributed by atoms with E-state index in [1.54, 1.807) is 36.9 Å². The van der Waals surface area contributed by atoms with Gasteiger partial charge in [-0.3, -0.25) is 9.59 Å². The van der Waals surface area contributed by atoms with Gasteiger partial charge in [-0.05, 0) is 25.1 Å². The van der Waals surface area contributed by atoms with Crippen molar-refractivity contribution in [1.82, 2.24) is 0 Å². The van der Waals surface area contributed by atoms with E-state index >= 15 is 0 Å². The standard InChI is InChI=1S/C15H20N2O3S/c1-9-14(19)17-11-7-10(5-6-12(11)20-9)16-13(18)8-21-15(2,3)4/h5-7,9H,8H2,1-4H3,(H,16,18)(H,17,19). The maximum absolute atomic E-state index is 11.9. The van der Waals surface area contributed by atoms with Gasteiger partial charge in [0.2, 0.25) is 5.91 Å². The van der Waals surface area contributed by atoms with Crippen LogP contribution in [0.5, 0.6) is 5.75 Å². The first kappa shape index (κ1) is 15.7. The molecule has 0 saturated carbocycles. The van der Waals surface area contributed by atoms with E-state index in [4.69, 9.17) is 4.74 Å². The molecule has 0 spiro atoms. The number of hydrogen-bond donors (Lipinski definition) is 2. The van der Waals surface area contributed by atoms with Crippen LogP contribution in [-0.2, 0) is 9.59 Å². The smallest absolute Gasteiger partial charge is 0.265 e. The summed E-state index contributed by atoms with van der Waals surface area (Å²) in [5.74, 6) is 0.755. The summed E-state index contributed by atoms with van der Waals surface area (Å²) in [5.41, 5.74) is 1.23. The van der Waals surface area contributed by atoms with Crippen LogP contribution >= 0.6 is 11.8 Å². The molecule has 1 aromatic rings. The lowest BCUT2D eigenvalue weighted by atomic mass is 10.2. The van der Waals surface area contributed by atoms with Gasteiger partial charge in [-0.25, -0.2) is 0 Å². The van der Waals surface area contributed by atoms with Crippen LogP contribution in [0.15, 0.2) is 18.2 Å². The van der Waals surface area contributed by atoms with Crippen LogP contribution in [0.2, 0.25) is 0 Å². The van der Waals surface area contributed by atoms with Crippen molar-refractivity contribution in [2.75, 3.05) is 16.4 Å². The topological polar surface area (TPSA) is 67.4 Å². The maximum atomic E-state index is 11.9. The van der Waals surface area contributed by atoms with Crippen molar-refractivity contribution in [3.8, 4) is 5.75 Å². The molecule has 0 bridgehead atoms. The van der Waals surface area contributed by atoms with Gasteiger partial charge in [-0.1, -0.05) is 20.8 Å². The molecular formula is C15H20N2O3S. The predicted molar refractivity (Wildman–Crippen MR) is 86.0 cm³/mol. The summed E-state index contributed by atoms with van der Waals surface area (Å²) in [6.45, 7) is 7.89. The Morgan fingerprint density at radius 2 is 2.14 bits per heavy atom. The average molecular weight is 308 g/mol. The number of amides is 2. The zero-order valence-electron chi connectivity index (χ0n) is 12.6. The summed E-state index contributed by atoms with van der Waals surface area (Å²) in [6, 6.07) is 5.22. The van der Waals surface area contributed by atoms with Crippen LogP contribution in [0.3, 0.4) is 0 Å². The van der Waals surface area contributed by atoms with Crippen molar-refractivity contribution in [3.63, 3.8) is 0 Å². The molecule has 2 rings (SSSR count). The Morgan fingerprint density at radius 3 is 2.81 bits per heavy atom. The Kier molecular flexibility index (Phi) is 4.46. The second-order valence-corrected chi connectivity index (χ2v) is 7.71. The zero-order valence-corrected chi connectivity index (χ0v) is 13.5. The van der Waals surface area contributed by atoms with Gasteiger partial charge in [-0.15, -0.1) is 11.8 Å². The molecule has 0 fully saturated rings. The van der Waals surface area contributed by atoms with Crippen LogP contribution in [0.1, 0.15) is 27.7 Å². The monoisotopic (exact) mass is 308 g/mol. The van der Waals surface area contributed by atoms with Gasteiger partial charge < -0.3 is 15.4 Å². The van der Waals surface area contributed by atoms with E-state index in [0.717, 1.165) is 0 Å². The Balaban J connectivity index is 2.01. The van der Waals surface area contributed by atoms with Crippen LogP contribution < -0.4 is 15.4 Å². The largest absolute Gasteiger partial charge is 0.479 e. The van der Waals surface area contributed by atoms with Gasteiger partial charge >= 0.3 is 0 Å². The summed E-state index contributed by atoms with van der Waals surface area (Å²) in [7, 11) is 0. The SMILES string of the molecule is CC1Oc2ccc(NC(=O)CSC(C)(C)C)cc2NC1=O. The van der Waals surface area contributed by atoms with Gasteiger partial charge in [0, 0.05) is 10.4 Å². The Labute approximate surface area is 128 Å². The number of thioether (sulfide) groups is 1. The van der Waals surface area contributed by atoms with Crippen molar-refractivity contribution < 1.29 is 14.3 Å². The highest BCUT2D eigenvalue weighted by Crippen LogP contribution is 2.32. The molecule has 1 aromatic carbocycles. The maximum Gasteiger partial charge on any atom is 0.265 e. The minimum Gasteiger partial charge on any atom is -0.479 e. The van der Waals surface area contributed by atoms with Gasteiger partial charge in [0.25, 0.3) is 5.91 Å². The number of fused-ring (bicyclic) bond motifs is 1. The number of rotatable bonds is 3. The second-order valence-electron chi connectivity index (χ2n) is 5.91. The number of nitrogens with one attached hydrogen (secondary N) is 2. The lowest BCUT2D eigenvalue weighted by Crippen LogP contribution is -2.34. The van der Waals surface area contributed by atoms with Crippen molar-refractivity contribution in [2.45, 2.75) is 38.5 Å². The van der Waals surface area contributed by atoms with E-state index in [2.05, 4.69) is 31.4 Å². The van der Waals surface area contributed by atoms with Crippen molar-refractivity contribution in [1.29, 1.82) is 0 Å². The minimum atomic E-state index is -0.499. The molecule has 0 radical (unpaired) electrons. The van der Waals surface area contributed by atoms with Crippen LogP contribution in [0, 0.1) is 0 Å². The van der Waals surface area contributed by atoms with E-state index in [-0.39, 0.29) is 16.6 Å². The number of carbonyl (C=O) groups is 2. The van der Waals surface area contributed by atoms with Gasteiger partial charge in [0.15, 0.2) is 6.10 Å². The Bertz CT molecular complexity index is 567. The lowest BCUT2D eigenvalue weighted by Gasteiger charge is -2.23. The number of benzene rings is 1. The number of anilines is 2. The number of ether oxygens (including phenoxy) is 1. The van der Waals surface area contributed by atoms with Crippen LogP contribution in [0.25, 0.3) is 0 Å². The fraction of sp³-hybridized carbons (Fsp3) is 0.467. The molecule has 1 aliphatic rings. The third kappa shape index (κ3) is 4.39. The number of hydrogen-bond acceptors (Lipinski definition) is 4. The average Bonchev–Trinajstić information content (AvgIpc) is 2.37. The first-order chi connectivity index (χ1) is 9.74. The molecule has 6 heteroatoms. The van der Waals surface area contributed by atoms with Gasteiger partial charge in [0.1, 0.15) is 5.75 Å². The van der Waals surface area contributed by atoms with Crippen LogP contribution in [-0.4, -0.2) is 28.4 Å². The molecule has 21 heavy (non-hydrogen) atoms. The summed E-state index contributed by atoms with van der Waals surface area (Å²) in [6.07, 6.45) is -0.499. The van der Waals surface area contributed by atoms with E-state index in [9.17, 15) is 9.59 Å².